The van der Waals surface area contributed by atoms with Crippen LogP contribution in [0.15, 0.2) is 48.5 Å². The molecule has 0 amide bonds. The molecule has 1 aliphatic heterocycles. The molecule has 1 N–H and O–H groups in total. The average Bonchev–Trinajstić information content (AvgIpc) is 3.01. The van der Waals surface area contributed by atoms with E-state index in [1.807, 2.05) is 24.3 Å². The molecule has 3 heteroatoms. The highest BCUT2D eigenvalue weighted by molar-refractivity contribution is 6.30. The minimum atomic E-state index is 0.616. The summed E-state index contributed by atoms with van der Waals surface area (Å²) < 4.78 is 6.05. The third kappa shape index (κ3) is 3.99. The van der Waals surface area contributed by atoms with E-state index in [9.17, 15) is 0 Å². The van der Waals surface area contributed by atoms with Gasteiger partial charge in [-0.05, 0) is 42.3 Å². The maximum atomic E-state index is 6.14. The van der Waals surface area contributed by atoms with Crippen LogP contribution in [0.4, 0.5) is 0 Å². The fraction of sp³-hybridized carbons (Fsp3) is 0.333. The van der Waals surface area contributed by atoms with Crippen molar-refractivity contribution >= 4 is 11.6 Å². The summed E-state index contributed by atoms with van der Waals surface area (Å²) in [5.74, 6) is 1.57. The van der Waals surface area contributed by atoms with Gasteiger partial charge >= 0.3 is 0 Å². The topological polar surface area (TPSA) is 21.3 Å². The molecule has 1 unspecified atom stereocenters. The molecule has 0 aliphatic carbocycles. The zero-order chi connectivity index (χ0) is 14.5. The Morgan fingerprint density at radius 3 is 2.76 bits per heavy atom. The number of benzene rings is 2. The SMILES string of the molecule is Clc1ccc(OCC2CCNC2)c(Cc2ccccc2)c1. The molecule has 3 rings (SSSR count). The highest BCUT2D eigenvalue weighted by Gasteiger charge is 2.16. The van der Waals surface area contributed by atoms with Crippen LogP contribution in [0.3, 0.4) is 0 Å². The molecule has 2 nitrogen and oxygen atoms in total. The van der Waals surface area contributed by atoms with Gasteiger partial charge in [0.05, 0.1) is 6.61 Å². The molecule has 21 heavy (non-hydrogen) atoms. The van der Waals surface area contributed by atoms with Crippen LogP contribution < -0.4 is 10.1 Å². The van der Waals surface area contributed by atoms with Crippen molar-refractivity contribution < 1.29 is 4.74 Å². The van der Waals surface area contributed by atoms with Crippen LogP contribution in [0.25, 0.3) is 0 Å². The fourth-order valence-corrected chi connectivity index (χ4v) is 2.90. The molecule has 1 saturated heterocycles. The maximum absolute atomic E-state index is 6.14. The summed E-state index contributed by atoms with van der Waals surface area (Å²) in [6.07, 6.45) is 2.04. The number of nitrogens with one attached hydrogen (secondary N) is 1. The predicted molar refractivity (Wildman–Crippen MR) is 87.2 cm³/mol. The Morgan fingerprint density at radius 2 is 2.00 bits per heavy atom. The molecule has 1 atom stereocenters. The van der Waals surface area contributed by atoms with Gasteiger partial charge in [-0.15, -0.1) is 0 Å². The Balaban J connectivity index is 1.73. The first-order valence-electron chi connectivity index (χ1n) is 7.47. The van der Waals surface area contributed by atoms with Gasteiger partial charge in [-0.1, -0.05) is 41.9 Å². The lowest BCUT2D eigenvalue weighted by Crippen LogP contribution is -2.16. The Labute approximate surface area is 131 Å². The van der Waals surface area contributed by atoms with E-state index < -0.39 is 0 Å². The van der Waals surface area contributed by atoms with Gasteiger partial charge in [-0.25, -0.2) is 0 Å². The predicted octanol–water partition coefficient (Wildman–Crippen LogP) is 3.92. The van der Waals surface area contributed by atoms with Crippen LogP contribution >= 0.6 is 11.6 Å². The van der Waals surface area contributed by atoms with Gasteiger partial charge < -0.3 is 10.1 Å². The quantitative estimate of drug-likeness (QED) is 0.904. The van der Waals surface area contributed by atoms with Crippen molar-refractivity contribution in [2.75, 3.05) is 19.7 Å². The van der Waals surface area contributed by atoms with Gasteiger partial charge in [0.1, 0.15) is 5.75 Å². The molecule has 2 aromatic rings. The average molecular weight is 302 g/mol. The highest BCUT2D eigenvalue weighted by Crippen LogP contribution is 2.26. The number of ether oxygens (including phenoxy) is 1. The molecule has 0 spiro atoms. The van der Waals surface area contributed by atoms with Crippen molar-refractivity contribution in [1.82, 2.24) is 5.32 Å². The standard InChI is InChI=1S/C18H20ClNO/c19-17-6-7-18(21-13-15-8-9-20-12-15)16(11-17)10-14-4-2-1-3-5-14/h1-7,11,15,20H,8-10,12-13H2. The van der Waals surface area contributed by atoms with Gasteiger partial charge in [0.25, 0.3) is 0 Å². The third-order valence-corrected chi connectivity index (χ3v) is 4.13. The molecule has 2 aromatic carbocycles. The molecule has 0 bridgehead atoms. The second-order valence-electron chi connectivity index (χ2n) is 5.58. The molecular weight excluding hydrogens is 282 g/mol. The highest BCUT2D eigenvalue weighted by atomic mass is 35.5. The summed E-state index contributed by atoms with van der Waals surface area (Å²) in [7, 11) is 0. The van der Waals surface area contributed by atoms with Crippen LogP contribution in [0.2, 0.25) is 5.02 Å². The van der Waals surface area contributed by atoms with E-state index in [1.165, 1.54) is 12.0 Å². The van der Waals surface area contributed by atoms with Crippen LogP contribution in [-0.4, -0.2) is 19.7 Å². The summed E-state index contributed by atoms with van der Waals surface area (Å²) in [5.41, 5.74) is 2.42. The summed E-state index contributed by atoms with van der Waals surface area (Å²) in [6, 6.07) is 16.3. The maximum Gasteiger partial charge on any atom is 0.122 e. The van der Waals surface area contributed by atoms with E-state index >= 15 is 0 Å². The van der Waals surface area contributed by atoms with Crippen molar-refractivity contribution in [1.29, 1.82) is 0 Å². The van der Waals surface area contributed by atoms with Crippen molar-refractivity contribution in [3.8, 4) is 5.75 Å². The zero-order valence-corrected chi connectivity index (χ0v) is 12.8. The molecule has 1 aliphatic rings. The molecular formula is C18H20ClNO. The van der Waals surface area contributed by atoms with E-state index in [-0.39, 0.29) is 0 Å². The van der Waals surface area contributed by atoms with E-state index in [0.717, 1.165) is 42.5 Å². The van der Waals surface area contributed by atoms with Crippen molar-refractivity contribution in [2.24, 2.45) is 5.92 Å². The first kappa shape index (κ1) is 14.4. The number of hydrogen-bond donors (Lipinski definition) is 1. The van der Waals surface area contributed by atoms with Gasteiger partial charge in [0.2, 0.25) is 0 Å². The first-order valence-corrected chi connectivity index (χ1v) is 7.85. The lowest BCUT2D eigenvalue weighted by atomic mass is 10.0. The number of halogens is 1. The van der Waals surface area contributed by atoms with Crippen molar-refractivity contribution in [3.05, 3.63) is 64.7 Å². The number of hydrogen-bond acceptors (Lipinski definition) is 2. The van der Waals surface area contributed by atoms with Crippen molar-refractivity contribution in [3.63, 3.8) is 0 Å². The lowest BCUT2D eigenvalue weighted by molar-refractivity contribution is 0.258. The smallest absolute Gasteiger partial charge is 0.122 e. The largest absolute Gasteiger partial charge is 0.493 e. The molecule has 0 radical (unpaired) electrons. The molecule has 110 valence electrons. The van der Waals surface area contributed by atoms with Gasteiger partial charge in [0, 0.05) is 23.9 Å². The minimum Gasteiger partial charge on any atom is -0.493 e. The fourth-order valence-electron chi connectivity index (χ4n) is 2.71. The van der Waals surface area contributed by atoms with E-state index in [2.05, 4.69) is 29.6 Å². The molecule has 1 fully saturated rings. The van der Waals surface area contributed by atoms with Gasteiger partial charge in [-0.2, -0.15) is 0 Å². The zero-order valence-electron chi connectivity index (χ0n) is 12.0. The monoisotopic (exact) mass is 301 g/mol. The van der Waals surface area contributed by atoms with Crippen LogP contribution in [0.1, 0.15) is 17.5 Å². The second kappa shape index (κ2) is 6.97. The third-order valence-electron chi connectivity index (χ3n) is 3.90. The second-order valence-corrected chi connectivity index (χ2v) is 6.02. The number of rotatable bonds is 5. The Hall–Kier alpha value is -1.51. The van der Waals surface area contributed by atoms with Gasteiger partial charge in [-0.3, -0.25) is 0 Å². The summed E-state index contributed by atoms with van der Waals surface area (Å²) >= 11 is 6.14. The van der Waals surface area contributed by atoms with Gasteiger partial charge in [0.15, 0.2) is 0 Å². The van der Waals surface area contributed by atoms with Crippen LogP contribution in [0, 0.1) is 5.92 Å². The van der Waals surface area contributed by atoms with Crippen LogP contribution in [0.5, 0.6) is 5.75 Å². The van der Waals surface area contributed by atoms with E-state index in [1.54, 1.807) is 0 Å². The lowest BCUT2D eigenvalue weighted by Gasteiger charge is -2.15. The van der Waals surface area contributed by atoms with E-state index in [4.69, 9.17) is 16.3 Å². The molecule has 1 heterocycles. The minimum absolute atomic E-state index is 0.616. The summed E-state index contributed by atoms with van der Waals surface area (Å²) in [4.78, 5) is 0. The molecule has 0 saturated carbocycles. The Bertz CT molecular complexity index is 579. The summed E-state index contributed by atoms with van der Waals surface area (Å²) in [5, 5.41) is 4.13. The Morgan fingerprint density at radius 1 is 1.14 bits per heavy atom. The van der Waals surface area contributed by atoms with Crippen LogP contribution in [-0.2, 0) is 6.42 Å². The summed E-state index contributed by atoms with van der Waals surface area (Å²) in [6.45, 7) is 2.93. The first-order chi connectivity index (χ1) is 10.3. The van der Waals surface area contributed by atoms with E-state index in [0.29, 0.717) is 5.92 Å². The van der Waals surface area contributed by atoms with Crippen molar-refractivity contribution in [2.45, 2.75) is 12.8 Å². The normalized spacial score (nSPS) is 17.9. The Kier molecular flexibility index (Phi) is 4.79. The molecule has 0 aromatic heterocycles.